The zero-order valence-corrected chi connectivity index (χ0v) is 9.18. The van der Waals surface area contributed by atoms with Crippen LogP contribution in [-0.4, -0.2) is 26.3 Å². The van der Waals surface area contributed by atoms with Gasteiger partial charge < -0.3 is 10.1 Å². The van der Waals surface area contributed by atoms with Crippen LogP contribution in [0.15, 0.2) is 0 Å². The monoisotopic (exact) mass is 183 g/mol. The second kappa shape index (κ2) is 8.10. The van der Waals surface area contributed by atoms with E-state index < -0.39 is 0 Å². The van der Waals surface area contributed by atoms with Gasteiger partial charge in [0.2, 0.25) is 0 Å². The second-order valence-corrected chi connectivity index (χ2v) is 3.24. The van der Waals surface area contributed by atoms with E-state index in [9.17, 15) is 0 Å². The minimum Gasteiger partial charge on any atom is -0.382 e. The topological polar surface area (TPSA) is 21.3 Å². The third kappa shape index (κ3) is 6.62. The Bertz CT molecular complexity index is 169. The van der Waals surface area contributed by atoms with Crippen molar-refractivity contribution in [2.75, 3.05) is 14.2 Å². The Balaban J connectivity index is 3.62. The first-order valence-electron chi connectivity index (χ1n) is 4.84. The Labute approximate surface area is 82.1 Å². The standard InChI is InChI=1S/C11H21NO/c1-5-6-7-11(12-3)9-8-10(2)13-4/h10-12H,7-9H2,1-4H3. The quantitative estimate of drug-likeness (QED) is 0.634. The van der Waals surface area contributed by atoms with Crippen LogP contribution in [0.1, 0.15) is 33.1 Å². The van der Waals surface area contributed by atoms with Crippen LogP contribution >= 0.6 is 0 Å². The molecular formula is C11H21NO. The summed E-state index contributed by atoms with van der Waals surface area (Å²) >= 11 is 0. The van der Waals surface area contributed by atoms with E-state index in [1.807, 2.05) is 14.0 Å². The van der Waals surface area contributed by atoms with Gasteiger partial charge in [-0.1, -0.05) is 0 Å². The fourth-order valence-corrected chi connectivity index (χ4v) is 1.13. The molecule has 1 N–H and O–H groups in total. The molecule has 0 aromatic carbocycles. The van der Waals surface area contributed by atoms with Crippen LogP contribution in [0, 0.1) is 11.8 Å². The first kappa shape index (κ1) is 12.5. The zero-order valence-electron chi connectivity index (χ0n) is 9.18. The number of rotatable bonds is 6. The Hall–Kier alpha value is -0.520. The third-order valence-electron chi connectivity index (χ3n) is 2.26. The molecule has 0 rings (SSSR count). The normalized spacial score (nSPS) is 14.5. The van der Waals surface area contributed by atoms with Gasteiger partial charge in [-0.2, -0.15) is 0 Å². The lowest BCUT2D eigenvalue weighted by atomic mass is 10.1. The van der Waals surface area contributed by atoms with E-state index >= 15 is 0 Å². The highest BCUT2D eigenvalue weighted by Crippen LogP contribution is 2.05. The van der Waals surface area contributed by atoms with Gasteiger partial charge in [0, 0.05) is 19.6 Å². The summed E-state index contributed by atoms with van der Waals surface area (Å²) in [6, 6.07) is 0.505. The summed E-state index contributed by atoms with van der Waals surface area (Å²) in [6.07, 6.45) is 3.50. The van der Waals surface area contributed by atoms with Crippen LogP contribution < -0.4 is 5.32 Å². The van der Waals surface area contributed by atoms with E-state index in [2.05, 4.69) is 24.1 Å². The summed E-state index contributed by atoms with van der Waals surface area (Å²) < 4.78 is 5.19. The van der Waals surface area contributed by atoms with Crippen LogP contribution in [0.25, 0.3) is 0 Å². The van der Waals surface area contributed by atoms with Crippen molar-refractivity contribution in [2.45, 2.75) is 45.3 Å². The zero-order chi connectivity index (χ0) is 10.1. The minimum atomic E-state index is 0.352. The third-order valence-corrected chi connectivity index (χ3v) is 2.26. The van der Waals surface area contributed by atoms with Crippen molar-refractivity contribution in [1.29, 1.82) is 0 Å². The maximum atomic E-state index is 5.19. The van der Waals surface area contributed by atoms with Crippen molar-refractivity contribution < 1.29 is 4.74 Å². The Morgan fingerprint density at radius 3 is 2.54 bits per heavy atom. The second-order valence-electron chi connectivity index (χ2n) is 3.24. The van der Waals surface area contributed by atoms with Gasteiger partial charge in [0.1, 0.15) is 0 Å². The Morgan fingerprint density at radius 2 is 2.08 bits per heavy atom. The van der Waals surface area contributed by atoms with E-state index in [0.717, 1.165) is 19.3 Å². The van der Waals surface area contributed by atoms with Crippen molar-refractivity contribution in [3.8, 4) is 11.8 Å². The van der Waals surface area contributed by atoms with Crippen molar-refractivity contribution in [1.82, 2.24) is 5.32 Å². The molecule has 0 aromatic rings. The van der Waals surface area contributed by atoms with Crippen LogP contribution in [0.5, 0.6) is 0 Å². The molecule has 2 unspecified atom stereocenters. The summed E-state index contributed by atoms with van der Waals surface area (Å²) in [7, 11) is 3.74. The lowest BCUT2D eigenvalue weighted by Gasteiger charge is -2.15. The SMILES string of the molecule is CC#CCC(CCC(C)OC)NC. The smallest absolute Gasteiger partial charge is 0.0543 e. The highest BCUT2D eigenvalue weighted by molar-refractivity contribution is 4.97. The molecule has 0 aromatic heterocycles. The molecule has 13 heavy (non-hydrogen) atoms. The van der Waals surface area contributed by atoms with Crippen LogP contribution in [0.3, 0.4) is 0 Å². The number of methoxy groups -OCH3 is 1. The average molecular weight is 183 g/mol. The lowest BCUT2D eigenvalue weighted by Crippen LogP contribution is -2.25. The molecule has 0 radical (unpaired) electrons. The number of hydrogen-bond acceptors (Lipinski definition) is 2. The first-order valence-corrected chi connectivity index (χ1v) is 4.84. The lowest BCUT2D eigenvalue weighted by molar-refractivity contribution is 0.106. The maximum Gasteiger partial charge on any atom is 0.0543 e. The summed E-state index contributed by atoms with van der Waals surface area (Å²) in [6.45, 7) is 3.97. The molecule has 0 aliphatic carbocycles. The van der Waals surface area contributed by atoms with Gasteiger partial charge in [-0.05, 0) is 33.7 Å². The largest absolute Gasteiger partial charge is 0.382 e. The fraction of sp³-hybridized carbons (Fsp3) is 0.818. The number of hydrogen-bond donors (Lipinski definition) is 1. The Kier molecular flexibility index (Phi) is 7.77. The number of nitrogens with one attached hydrogen (secondary N) is 1. The molecule has 0 saturated heterocycles. The summed E-state index contributed by atoms with van der Waals surface area (Å²) in [5, 5.41) is 3.26. The fourth-order valence-electron chi connectivity index (χ4n) is 1.13. The average Bonchev–Trinajstić information content (AvgIpc) is 2.17. The predicted molar refractivity (Wildman–Crippen MR) is 56.6 cm³/mol. The van der Waals surface area contributed by atoms with Gasteiger partial charge in [-0.15, -0.1) is 11.8 Å². The summed E-state index contributed by atoms with van der Waals surface area (Å²) in [5.74, 6) is 6.00. The first-order chi connectivity index (χ1) is 6.24. The molecule has 0 saturated carbocycles. The maximum absolute atomic E-state index is 5.19. The highest BCUT2D eigenvalue weighted by Gasteiger charge is 2.06. The molecular weight excluding hydrogens is 162 g/mol. The Morgan fingerprint density at radius 1 is 1.38 bits per heavy atom. The molecule has 2 heteroatoms. The van der Waals surface area contributed by atoms with E-state index in [0.29, 0.717) is 12.1 Å². The minimum absolute atomic E-state index is 0.352. The predicted octanol–water partition coefficient (Wildman–Crippen LogP) is 1.80. The van der Waals surface area contributed by atoms with E-state index in [1.54, 1.807) is 7.11 Å². The van der Waals surface area contributed by atoms with Gasteiger partial charge in [-0.3, -0.25) is 0 Å². The highest BCUT2D eigenvalue weighted by atomic mass is 16.5. The molecule has 0 amide bonds. The number of ether oxygens (including phenoxy) is 1. The van der Waals surface area contributed by atoms with E-state index in [4.69, 9.17) is 4.74 Å². The van der Waals surface area contributed by atoms with Crippen molar-refractivity contribution in [3.63, 3.8) is 0 Å². The van der Waals surface area contributed by atoms with E-state index in [1.165, 1.54) is 0 Å². The van der Waals surface area contributed by atoms with Gasteiger partial charge in [0.05, 0.1) is 6.10 Å². The molecule has 0 aliphatic heterocycles. The van der Waals surface area contributed by atoms with Gasteiger partial charge in [-0.25, -0.2) is 0 Å². The van der Waals surface area contributed by atoms with Gasteiger partial charge in [0.15, 0.2) is 0 Å². The molecule has 0 fully saturated rings. The molecule has 2 nitrogen and oxygen atoms in total. The van der Waals surface area contributed by atoms with Crippen molar-refractivity contribution >= 4 is 0 Å². The van der Waals surface area contributed by atoms with Gasteiger partial charge in [0.25, 0.3) is 0 Å². The van der Waals surface area contributed by atoms with Crippen LogP contribution in [0.4, 0.5) is 0 Å². The van der Waals surface area contributed by atoms with Gasteiger partial charge >= 0.3 is 0 Å². The molecule has 0 spiro atoms. The molecule has 0 aliphatic rings. The molecule has 0 bridgehead atoms. The molecule has 76 valence electrons. The summed E-state index contributed by atoms with van der Waals surface area (Å²) in [4.78, 5) is 0. The molecule has 0 heterocycles. The van der Waals surface area contributed by atoms with E-state index in [-0.39, 0.29) is 0 Å². The van der Waals surface area contributed by atoms with Crippen LogP contribution in [-0.2, 0) is 4.74 Å². The van der Waals surface area contributed by atoms with Crippen LogP contribution in [0.2, 0.25) is 0 Å². The summed E-state index contributed by atoms with van der Waals surface area (Å²) in [5.41, 5.74) is 0. The molecule has 2 atom stereocenters. The van der Waals surface area contributed by atoms with Crippen molar-refractivity contribution in [2.24, 2.45) is 0 Å². The van der Waals surface area contributed by atoms with Crippen molar-refractivity contribution in [3.05, 3.63) is 0 Å².